The van der Waals surface area contributed by atoms with E-state index in [2.05, 4.69) is 13.8 Å². The van der Waals surface area contributed by atoms with Crippen molar-refractivity contribution in [2.75, 3.05) is 7.05 Å². The molecule has 0 bridgehead atoms. The van der Waals surface area contributed by atoms with Gasteiger partial charge in [-0.25, -0.2) is 0 Å². The maximum atomic E-state index is 12.6. The van der Waals surface area contributed by atoms with Crippen molar-refractivity contribution in [1.82, 2.24) is 4.90 Å². The van der Waals surface area contributed by atoms with Crippen molar-refractivity contribution in [1.29, 1.82) is 0 Å². The van der Waals surface area contributed by atoms with Gasteiger partial charge in [-0.15, -0.1) is 11.6 Å². The summed E-state index contributed by atoms with van der Waals surface area (Å²) in [6.07, 6.45) is 4.59. The summed E-state index contributed by atoms with van der Waals surface area (Å²) in [5.41, 5.74) is 2.17. The third-order valence-corrected chi connectivity index (χ3v) is 4.81. The number of halogens is 1. The molecule has 1 amide bonds. The molecule has 0 unspecified atom stereocenters. The van der Waals surface area contributed by atoms with Gasteiger partial charge in [0, 0.05) is 24.5 Å². The predicted octanol–water partition coefficient (Wildman–Crippen LogP) is 4.47. The fourth-order valence-electron chi connectivity index (χ4n) is 2.93. The van der Waals surface area contributed by atoms with E-state index in [4.69, 9.17) is 11.6 Å². The van der Waals surface area contributed by atoms with Gasteiger partial charge in [-0.2, -0.15) is 0 Å². The number of nitrogens with zero attached hydrogens (tertiary/aromatic N) is 1. The van der Waals surface area contributed by atoms with E-state index in [0.717, 1.165) is 24.0 Å². The Morgan fingerprint density at radius 1 is 1.35 bits per heavy atom. The van der Waals surface area contributed by atoms with Crippen LogP contribution in [-0.2, 0) is 5.88 Å². The largest absolute Gasteiger partial charge is 0.339 e. The van der Waals surface area contributed by atoms with Crippen LogP contribution in [0.2, 0.25) is 0 Å². The zero-order chi connectivity index (χ0) is 14.8. The zero-order valence-corrected chi connectivity index (χ0v) is 13.4. The molecule has 0 radical (unpaired) electrons. The Morgan fingerprint density at radius 3 is 2.60 bits per heavy atom. The van der Waals surface area contributed by atoms with Crippen LogP contribution in [0.5, 0.6) is 0 Å². The minimum absolute atomic E-state index is 0.113. The second kappa shape index (κ2) is 6.17. The molecule has 0 aromatic heterocycles. The molecule has 0 atom stereocenters. The molecule has 1 saturated carbocycles. The molecular weight excluding hydrogens is 270 g/mol. The molecule has 1 aromatic carbocycles. The first-order valence-electron chi connectivity index (χ1n) is 7.35. The average Bonchev–Trinajstić information content (AvgIpc) is 2.46. The highest BCUT2D eigenvalue weighted by Crippen LogP contribution is 2.36. The van der Waals surface area contributed by atoms with Crippen molar-refractivity contribution in [2.24, 2.45) is 5.41 Å². The van der Waals surface area contributed by atoms with Crippen molar-refractivity contribution in [3.8, 4) is 0 Å². The summed E-state index contributed by atoms with van der Waals surface area (Å²) < 4.78 is 0. The van der Waals surface area contributed by atoms with E-state index in [-0.39, 0.29) is 5.91 Å². The molecule has 0 heterocycles. The molecule has 1 aromatic rings. The number of alkyl halides is 1. The first-order chi connectivity index (χ1) is 9.43. The maximum Gasteiger partial charge on any atom is 0.253 e. The Balaban J connectivity index is 2.05. The van der Waals surface area contributed by atoms with Crippen LogP contribution in [0.1, 0.15) is 55.5 Å². The second-order valence-corrected chi connectivity index (χ2v) is 6.91. The molecule has 0 spiro atoms. The lowest BCUT2D eigenvalue weighted by atomic mass is 9.75. The van der Waals surface area contributed by atoms with E-state index >= 15 is 0 Å². The standard InChI is InChI=1S/C17H24ClNO/c1-17(2)9-7-15(8-10-17)19(3)16(20)14-6-4-5-13(11-14)12-18/h4-6,11,15H,7-10,12H2,1-3H3. The highest BCUT2D eigenvalue weighted by atomic mass is 35.5. The Bertz CT molecular complexity index is 474. The molecule has 2 rings (SSSR count). The first kappa shape index (κ1) is 15.4. The summed E-state index contributed by atoms with van der Waals surface area (Å²) in [7, 11) is 1.93. The van der Waals surface area contributed by atoms with Gasteiger partial charge in [0.15, 0.2) is 0 Å². The highest BCUT2D eigenvalue weighted by molar-refractivity contribution is 6.17. The van der Waals surface area contributed by atoms with Gasteiger partial charge in [-0.1, -0.05) is 26.0 Å². The van der Waals surface area contributed by atoms with E-state index in [1.165, 1.54) is 12.8 Å². The number of benzene rings is 1. The third-order valence-electron chi connectivity index (χ3n) is 4.50. The van der Waals surface area contributed by atoms with Gasteiger partial charge in [0.2, 0.25) is 0 Å². The minimum Gasteiger partial charge on any atom is -0.339 e. The van der Waals surface area contributed by atoms with E-state index in [0.29, 0.717) is 17.3 Å². The molecule has 3 heteroatoms. The van der Waals surface area contributed by atoms with Gasteiger partial charge in [-0.3, -0.25) is 4.79 Å². The second-order valence-electron chi connectivity index (χ2n) is 6.65. The Morgan fingerprint density at radius 2 is 2.00 bits per heavy atom. The monoisotopic (exact) mass is 293 g/mol. The van der Waals surface area contributed by atoms with Crippen molar-refractivity contribution >= 4 is 17.5 Å². The molecule has 1 aliphatic carbocycles. The van der Waals surface area contributed by atoms with Crippen molar-refractivity contribution in [2.45, 2.75) is 51.5 Å². The fourth-order valence-corrected chi connectivity index (χ4v) is 3.09. The Kier molecular flexibility index (Phi) is 4.74. The fraction of sp³-hybridized carbons (Fsp3) is 0.588. The van der Waals surface area contributed by atoms with Crippen molar-refractivity contribution in [3.63, 3.8) is 0 Å². The van der Waals surface area contributed by atoms with Gasteiger partial charge in [-0.05, 0) is 48.8 Å². The summed E-state index contributed by atoms with van der Waals surface area (Å²) in [6.45, 7) is 4.63. The van der Waals surface area contributed by atoms with E-state index in [1.807, 2.05) is 36.2 Å². The van der Waals surface area contributed by atoms with Crippen LogP contribution in [-0.4, -0.2) is 23.9 Å². The Hall–Kier alpha value is -1.02. The molecule has 0 aliphatic heterocycles. The van der Waals surface area contributed by atoms with Crippen LogP contribution in [0.15, 0.2) is 24.3 Å². The average molecular weight is 294 g/mol. The smallest absolute Gasteiger partial charge is 0.253 e. The summed E-state index contributed by atoms with van der Waals surface area (Å²) >= 11 is 5.84. The van der Waals surface area contributed by atoms with E-state index in [9.17, 15) is 4.79 Å². The summed E-state index contributed by atoms with van der Waals surface area (Å²) in [4.78, 5) is 14.5. The molecule has 110 valence electrons. The van der Waals surface area contributed by atoms with E-state index in [1.54, 1.807) is 0 Å². The molecule has 0 saturated heterocycles. The number of rotatable bonds is 3. The number of amides is 1. The molecule has 1 fully saturated rings. The van der Waals surface area contributed by atoms with Gasteiger partial charge in [0.05, 0.1) is 0 Å². The zero-order valence-electron chi connectivity index (χ0n) is 12.7. The highest BCUT2D eigenvalue weighted by Gasteiger charge is 2.30. The topological polar surface area (TPSA) is 20.3 Å². The SMILES string of the molecule is CN(C(=O)c1cccc(CCl)c1)C1CCC(C)(C)CC1. The predicted molar refractivity (Wildman–Crippen MR) is 84.1 cm³/mol. The summed E-state index contributed by atoms with van der Waals surface area (Å²) in [5.74, 6) is 0.560. The number of carbonyl (C=O) groups is 1. The molecule has 20 heavy (non-hydrogen) atoms. The lowest BCUT2D eigenvalue weighted by molar-refractivity contribution is 0.0635. The van der Waals surface area contributed by atoms with Crippen LogP contribution in [0, 0.1) is 5.41 Å². The number of hydrogen-bond donors (Lipinski definition) is 0. The summed E-state index contributed by atoms with van der Waals surface area (Å²) in [5, 5.41) is 0. The maximum absolute atomic E-state index is 12.6. The van der Waals surface area contributed by atoms with Crippen LogP contribution in [0.4, 0.5) is 0 Å². The normalized spacial score (nSPS) is 18.8. The van der Waals surface area contributed by atoms with Crippen LogP contribution in [0.25, 0.3) is 0 Å². The van der Waals surface area contributed by atoms with E-state index < -0.39 is 0 Å². The van der Waals surface area contributed by atoms with Crippen LogP contribution in [0.3, 0.4) is 0 Å². The van der Waals surface area contributed by atoms with Crippen molar-refractivity contribution in [3.05, 3.63) is 35.4 Å². The summed E-state index contributed by atoms with van der Waals surface area (Å²) in [6, 6.07) is 8.01. The minimum atomic E-state index is 0.113. The van der Waals surface area contributed by atoms with Crippen LogP contribution < -0.4 is 0 Å². The molecular formula is C17H24ClNO. The number of hydrogen-bond acceptors (Lipinski definition) is 1. The molecule has 0 N–H and O–H groups in total. The first-order valence-corrected chi connectivity index (χ1v) is 7.88. The van der Waals surface area contributed by atoms with Crippen molar-refractivity contribution < 1.29 is 4.79 Å². The number of carbonyl (C=O) groups excluding carboxylic acids is 1. The van der Waals surface area contributed by atoms with Gasteiger partial charge >= 0.3 is 0 Å². The lowest BCUT2D eigenvalue weighted by Gasteiger charge is -2.38. The van der Waals surface area contributed by atoms with Gasteiger partial charge < -0.3 is 4.90 Å². The Labute approximate surface area is 127 Å². The molecule has 1 aliphatic rings. The van der Waals surface area contributed by atoms with Gasteiger partial charge in [0.25, 0.3) is 5.91 Å². The third kappa shape index (κ3) is 3.54. The lowest BCUT2D eigenvalue weighted by Crippen LogP contribution is -2.40. The van der Waals surface area contributed by atoms with Gasteiger partial charge in [0.1, 0.15) is 0 Å². The molecule has 2 nitrogen and oxygen atoms in total. The quantitative estimate of drug-likeness (QED) is 0.753. The van der Waals surface area contributed by atoms with Crippen LogP contribution >= 0.6 is 11.6 Å².